The molecule has 4 rings (SSSR count). The first kappa shape index (κ1) is 18.4. The monoisotopic (exact) mass is 383 g/mol. The van der Waals surface area contributed by atoms with Gasteiger partial charge in [0.2, 0.25) is 0 Å². The molecule has 0 aliphatic carbocycles. The number of nitrogens with one attached hydrogen (secondary N) is 1. The van der Waals surface area contributed by atoms with Crippen LogP contribution in [0.1, 0.15) is 12.0 Å². The van der Waals surface area contributed by atoms with Crippen LogP contribution in [0.15, 0.2) is 41.5 Å². The lowest BCUT2D eigenvalue weighted by atomic mass is 10.2. The summed E-state index contributed by atoms with van der Waals surface area (Å²) in [6.45, 7) is 4.96. The summed E-state index contributed by atoms with van der Waals surface area (Å²) in [5.41, 5.74) is 7.94. The van der Waals surface area contributed by atoms with Crippen molar-refractivity contribution in [1.82, 2.24) is 4.98 Å². The first-order chi connectivity index (χ1) is 13.8. The van der Waals surface area contributed by atoms with Crippen molar-refractivity contribution in [3.05, 3.63) is 42.1 Å². The molecule has 0 radical (unpaired) electrons. The Morgan fingerprint density at radius 1 is 1.07 bits per heavy atom. The van der Waals surface area contributed by atoms with Crippen LogP contribution in [-0.2, 0) is 11.3 Å². The summed E-state index contributed by atoms with van der Waals surface area (Å²) in [7, 11) is 0. The van der Waals surface area contributed by atoms with E-state index in [1.165, 1.54) is 0 Å². The summed E-state index contributed by atoms with van der Waals surface area (Å²) >= 11 is 0. The van der Waals surface area contributed by atoms with E-state index < -0.39 is 0 Å². The van der Waals surface area contributed by atoms with E-state index in [-0.39, 0.29) is 0 Å². The second kappa shape index (κ2) is 8.79. The van der Waals surface area contributed by atoms with Crippen LogP contribution in [0.25, 0.3) is 0 Å². The minimum atomic E-state index is 0.347. The zero-order chi connectivity index (χ0) is 19.2. The van der Waals surface area contributed by atoms with E-state index in [2.05, 4.69) is 26.3 Å². The highest BCUT2D eigenvalue weighted by molar-refractivity contribution is 5.92. The number of guanidine groups is 1. The van der Waals surface area contributed by atoms with Crippen molar-refractivity contribution in [3.8, 4) is 11.5 Å². The molecule has 0 bridgehead atoms. The SMILES string of the molecule is NC(=NCc1ccnc(N2CCOCC2)c1)Nc1ccc2c(c1)OCCCO2. The van der Waals surface area contributed by atoms with E-state index in [0.717, 1.165) is 61.3 Å². The van der Waals surface area contributed by atoms with Crippen molar-refractivity contribution < 1.29 is 14.2 Å². The van der Waals surface area contributed by atoms with Crippen LogP contribution in [-0.4, -0.2) is 50.5 Å². The highest BCUT2D eigenvalue weighted by Gasteiger charge is 2.13. The van der Waals surface area contributed by atoms with Gasteiger partial charge in [0.25, 0.3) is 0 Å². The minimum Gasteiger partial charge on any atom is -0.490 e. The molecule has 0 spiro atoms. The number of nitrogens with zero attached hydrogens (tertiary/aromatic N) is 3. The predicted octanol–water partition coefficient (Wildman–Crippen LogP) is 2.01. The van der Waals surface area contributed by atoms with E-state index in [1.54, 1.807) is 0 Å². The van der Waals surface area contributed by atoms with Crippen LogP contribution in [0.2, 0.25) is 0 Å². The first-order valence-electron chi connectivity index (χ1n) is 9.52. The van der Waals surface area contributed by atoms with E-state index in [9.17, 15) is 0 Å². The molecule has 0 saturated carbocycles. The lowest BCUT2D eigenvalue weighted by Crippen LogP contribution is -2.36. The second-order valence-electron chi connectivity index (χ2n) is 6.66. The van der Waals surface area contributed by atoms with Gasteiger partial charge in [-0.3, -0.25) is 0 Å². The van der Waals surface area contributed by atoms with Gasteiger partial charge in [-0.15, -0.1) is 0 Å². The molecule has 0 atom stereocenters. The first-order valence-corrected chi connectivity index (χ1v) is 9.52. The highest BCUT2D eigenvalue weighted by atomic mass is 16.5. The Labute approximate surface area is 164 Å². The van der Waals surface area contributed by atoms with Crippen LogP contribution in [0.3, 0.4) is 0 Å². The van der Waals surface area contributed by atoms with Gasteiger partial charge in [-0.1, -0.05) is 0 Å². The Hall–Kier alpha value is -3.00. The number of morpholine rings is 1. The predicted molar refractivity (Wildman–Crippen MR) is 108 cm³/mol. The highest BCUT2D eigenvalue weighted by Crippen LogP contribution is 2.32. The fourth-order valence-electron chi connectivity index (χ4n) is 3.13. The normalized spacial score (nSPS) is 17.1. The topological polar surface area (TPSA) is 94.2 Å². The Morgan fingerprint density at radius 2 is 1.89 bits per heavy atom. The van der Waals surface area contributed by atoms with Gasteiger partial charge in [-0.05, 0) is 29.8 Å². The molecule has 1 fully saturated rings. The molecule has 2 aliphatic rings. The van der Waals surface area contributed by atoms with Crippen LogP contribution in [0, 0.1) is 0 Å². The number of hydrogen-bond acceptors (Lipinski definition) is 6. The molecule has 148 valence electrons. The lowest BCUT2D eigenvalue weighted by molar-refractivity contribution is 0.122. The number of rotatable bonds is 4. The average Bonchev–Trinajstić information content (AvgIpc) is 2.98. The number of nitrogens with two attached hydrogens (primary N) is 1. The molecule has 3 N–H and O–H groups in total. The van der Waals surface area contributed by atoms with Crippen molar-refractivity contribution in [2.75, 3.05) is 49.7 Å². The van der Waals surface area contributed by atoms with Gasteiger partial charge in [0.1, 0.15) is 5.82 Å². The summed E-state index contributed by atoms with van der Waals surface area (Å²) in [4.78, 5) is 11.1. The van der Waals surface area contributed by atoms with Crippen LogP contribution >= 0.6 is 0 Å². The third-order valence-electron chi connectivity index (χ3n) is 4.60. The smallest absolute Gasteiger partial charge is 0.193 e. The molecule has 2 aliphatic heterocycles. The third-order valence-corrected chi connectivity index (χ3v) is 4.60. The lowest BCUT2D eigenvalue weighted by Gasteiger charge is -2.27. The fraction of sp³-hybridized carbons (Fsp3) is 0.400. The number of anilines is 2. The quantitative estimate of drug-likeness (QED) is 0.616. The van der Waals surface area contributed by atoms with Gasteiger partial charge in [0.15, 0.2) is 17.5 Å². The fourth-order valence-corrected chi connectivity index (χ4v) is 3.13. The number of aromatic nitrogens is 1. The van der Waals surface area contributed by atoms with Crippen LogP contribution < -0.4 is 25.4 Å². The number of ether oxygens (including phenoxy) is 3. The Morgan fingerprint density at radius 3 is 2.75 bits per heavy atom. The van der Waals surface area contributed by atoms with E-state index in [1.807, 2.05) is 30.5 Å². The summed E-state index contributed by atoms with van der Waals surface area (Å²) < 4.78 is 16.7. The Balaban J connectivity index is 1.39. The van der Waals surface area contributed by atoms with Gasteiger partial charge in [0, 0.05) is 37.5 Å². The van der Waals surface area contributed by atoms with Crippen LogP contribution in [0.5, 0.6) is 11.5 Å². The third kappa shape index (κ3) is 4.64. The van der Waals surface area contributed by atoms with Gasteiger partial charge in [-0.25, -0.2) is 9.98 Å². The standard InChI is InChI=1S/C20H25N5O3/c21-20(24-16-2-3-17-18(13-16)28-9-1-8-27-17)23-14-15-4-5-22-19(12-15)25-6-10-26-11-7-25/h2-5,12-13H,1,6-11,14H2,(H3,21,23,24). The molecule has 3 heterocycles. The van der Waals surface area contributed by atoms with E-state index >= 15 is 0 Å². The zero-order valence-electron chi connectivity index (χ0n) is 15.8. The minimum absolute atomic E-state index is 0.347. The molecule has 28 heavy (non-hydrogen) atoms. The van der Waals surface area contributed by atoms with Gasteiger partial charge in [0.05, 0.1) is 33.0 Å². The van der Waals surface area contributed by atoms with Crippen molar-refractivity contribution >= 4 is 17.5 Å². The molecule has 0 unspecified atom stereocenters. The molecule has 1 aromatic carbocycles. The van der Waals surface area contributed by atoms with E-state index in [4.69, 9.17) is 19.9 Å². The summed E-state index contributed by atoms with van der Waals surface area (Å²) in [5.74, 6) is 2.77. The number of aliphatic imine (C=N–C) groups is 1. The number of fused-ring (bicyclic) bond motifs is 1. The average molecular weight is 383 g/mol. The van der Waals surface area contributed by atoms with Crippen LogP contribution in [0.4, 0.5) is 11.5 Å². The van der Waals surface area contributed by atoms with Gasteiger partial charge >= 0.3 is 0 Å². The molecule has 2 aromatic rings. The van der Waals surface area contributed by atoms with Crippen molar-refractivity contribution in [2.24, 2.45) is 10.7 Å². The number of hydrogen-bond donors (Lipinski definition) is 2. The zero-order valence-corrected chi connectivity index (χ0v) is 15.8. The molecular formula is C20H25N5O3. The van der Waals surface area contributed by atoms with Crippen molar-refractivity contribution in [3.63, 3.8) is 0 Å². The largest absolute Gasteiger partial charge is 0.490 e. The molecule has 8 heteroatoms. The van der Waals surface area contributed by atoms with Crippen molar-refractivity contribution in [1.29, 1.82) is 0 Å². The molecule has 1 saturated heterocycles. The molecule has 8 nitrogen and oxygen atoms in total. The summed E-state index contributed by atoms with van der Waals surface area (Å²) in [5, 5.41) is 3.11. The second-order valence-corrected chi connectivity index (χ2v) is 6.66. The Bertz CT molecular complexity index is 836. The summed E-state index contributed by atoms with van der Waals surface area (Å²) in [6, 6.07) is 9.67. The number of benzene rings is 1. The molecule has 1 aromatic heterocycles. The Kier molecular flexibility index (Phi) is 5.77. The van der Waals surface area contributed by atoms with Gasteiger partial charge in [-0.2, -0.15) is 0 Å². The maximum atomic E-state index is 6.07. The molecule has 0 amide bonds. The summed E-state index contributed by atoms with van der Waals surface area (Å²) in [6.07, 6.45) is 2.68. The maximum absolute atomic E-state index is 6.07. The molecular weight excluding hydrogens is 358 g/mol. The van der Waals surface area contributed by atoms with Crippen molar-refractivity contribution in [2.45, 2.75) is 13.0 Å². The van der Waals surface area contributed by atoms with Gasteiger partial charge < -0.3 is 30.2 Å². The maximum Gasteiger partial charge on any atom is 0.193 e. The van der Waals surface area contributed by atoms with E-state index in [0.29, 0.717) is 25.7 Å². The number of pyridine rings is 1.